The van der Waals surface area contributed by atoms with Gasteiger partial charge < -0.3 is 14.0 Å². The fraction of sp³-hybridized carbons (Fsp3) is 0.217. The average Bonchev–Trinajstić information content (AvgIpc) is 3.06. The van der Waals surface area contributed by atoms with Crippen LogP contribution in [0.1, 0.15) is 39.0 Å². The van der Waals surface area contributed by atoms with Gasteiger partial charge in [-0.25, -0.2) is 18.4 Å². The number of hydrogen-bond donors (Lipinski definition) is 1. The molecule has 0 radical (unpaired) electrons. The number of ether oxygens (including phenoxy) is 2. The van der Waals surface area contributed by atoms with Gasteiger partial charge in [0.1, 0.15) is 10.6 Å². The second-order valence-electron chi connectivity index (χ2n) is 7.24. The standard InChI is InChI=1S/C23H23ClN2O6S/c1-4-31-18-8-6-17(7-9-18)26-14(2)11-19(15(26)3)21(27)13-32-23(28)16-5-10-20(24)22(12-16)33(25,29)30/h5-12H,4,13H2,1-3H3,(H2,25,29,30). The van der Waals surface area contributed by atoms with E-state index in [9.17, 15) is 18.0 Å². The Labute approximate surface area is 196 Å². The van der Waals surface area contributed by atoms with Crippen LogP contribution < -0.4 is 9.88 Å². The molecule has 0 saturated carbocycles. The minimum Gasteiger partial charge on any atom is -0.494 e. The van der Waals surface area contributed by atoms with Crippen LogP contribution in [-0.4, -0.2) is 38.0 Å². The summed E-state index contributed by atoms with van der Waals surface area (Å²) in [6, 6.07) is 12.7. The first kappa shape index (κ1) is 24.5. The van der Waals surface area contributed by atoms with E-state index in [0.29, 0.717) is 17.9 Å². The zero-order chi connectivity index (χ0) is 24.3. The largest absolute Gasteiger partial charge is 0.494 e. The lowest BCUT2D eigenvalue weighted by molar-refractivity contribution is 0.0474. The highest BCUT2D eigenvalue weighted by molar-refractivity contribution is 7.89. The Bertz CT molecular complexity index is 1310. The molecule has 1 heterocycles. The van der Waals surface area contributed by atoms with Crippen LogP contribution in [0.25, 0.3) is 5.69 Å². The number of hydrogen-bond acceptors (Lipinski definition) is 6. The van der Waals surface area contributed by atoms with Crippen molar-refractivity contribution < 1.29 is 27.5 Å². The van der Waals surface area contributed by atoms with E-state index in [4.69, 9.17) is 26.2 Å². The lowest BCUT2D eigenvalue weighted by atomic mass is 10.1. The molecule has 3 rings (SSSR count). The van der Waals surface area contributed by atoms with Gasteiger partial charge in [-0.2, -0.15) is 0 Å². The fourth-order valence-electron chi connectivity index (χ4n) is 3.44. The molecule has 0 atom stereocenters. The third kappa shape index (κ3) is 5.44. The summed E-state index contributed by atoms with van der Waals surface area (Å²) in [7, 11) is -4.12. The predicted molar refractivity (Wildman–Crippen MR) is 124 cm³/mol. The average molecular weight is 491 g/mol. The second-order valence-corrected chi connectivity index (χ2v) is 9.17. The maximum absolute atomic E-state index is 12.8. The molecule has 0 bridgehead atoms. The molecule has 0 unspecified atom stereocenters. The Hall–Kier alpha value is -3.14. The summed E-state index contributed by atoms with van der Waals surface area (Å²) in [6.45, 7) is 5.63. The molecule has 0 spiro atoms. The number of sulfonamides is 1. The van der Waals surface area contributed by atoms with Crippen LogP contribution in [0.4, 0.5) is 0 Å². The predicted octanol–water partition coefficient (Wildman–Crippen LogP) is 3.83. The number of ketones is 1. The lowest BCUT2D eigenvalue weighted by Crippen LogP contribution is -2.17. The molecule has 174 valence electrons. The highest BCUT2D eigenvalue weighted by atomic mass is 35.5. The van der Waals surface area contributed by atoms with E-state index in [1.807, 2.05) is 42.7 Å². The Kier molecular flexibility index (Phi) is 7.26. The van der Waals surface area contributed by atoms with E-state index in [2.05, 4.69) is 0 Å². The number of nitrogens with two attached hydrogens (primary N) is 1. The van der Waals surface area contributed by atoms with Gasteiger partial charge in [0.15, 0.2) is 6.61 Å². The summed E-state index contributed by atoms with van der Waals surface area (Å²) in [5, 5.41) is 4.98. The van der Waals surface area contributed by atoms with Crippen molar-refractivity contribution in [2.45, 2.75) is 25.7 Å². The number of carbonyl (C=O) groups is 2. The summed E-state index contributed by atoms with van der Waals surface area (Å²) >= 11 is 5.83. The van der Waals surface area contributed by atoms with Crippen molar-refractivity contribution in [2.24, 2.45) is 5.14 Å². The summed E-state index contributed by atoms with van der Waals surface area (Å²) in [4.78, 5) is 24.7. The maximum atomic E-state index is 12.8. The molecular weight excluding hydrogens is 468 g/mol. The van der Waals surface area contributed by atoms with Crippen LogP contribution in [0.3, 0.4) is 0 Å². The first-order valence-electron chi connectivity index (χ1n) is 9.97. The second kappa shape index (κ2) is 9.78. The van der Waals surface area contributed by atoms with Crippen molar-refractivity contribution in [1.29, 1.82) is 0 Å². The number of primary sulfonamides is 1. The number of halogens is 1. The van der Waals surface area contributed by atoms with E-state index in [1.165, 1.54) is 12.1 Å². The quantitative estimate of drug-likeness (QED) is 0.378. The topological polar surface area (TPSA) is 118 Å². The van der Waals surface area contributed by atoms with Crippen molar-refractivity contribution in [3.63, 3.8) is 0 Å². The van der Waals surface area contributed by atoms with Gasteiger partial charge in [0.25, 0.3) is 0 Å². The number of nitrogens with zero attached hydrogens (tertiary/aromatic N) is 1. The van der Waals surface area contributed by atoms with Gasteiger partial charge in [-0.15, -0.1) is 0 Å². The number of aromatic nitrogens is 1. The van der Waals surface area contributed by atoms with Crippen molar-refractivity contribution >= 4 is 33.4 Å². The van der Waals surface area contributed by atoms with Crippen molar-refractivity contribution in [3.8, 4) is 11.4 Å². The van der Waals surface area contributed by atoms with Crippen molar-refractivity contribution in [2.75, 3.05) is 13.2 Å². The summed E-state index contributed by atoms with van der Waals surface area (Å²) in [6.07, 6.45) is 0. The van der Waals surface area contributed by atoms with E-state index in [-0.39, 0.29) is 10.6 Å². The van der Waals surface area contributed by atoms with Gasteiger partial charge in [0.2, 0.25) is 15.8 Å². The Morgan fingerprint density at radius 1 is 1.06 bits per heavy atom. The number of Topliss-reactive ketones (excluding diaryl/α,β-unsaturated/α-hetero) is 1. The first-order chi connectivity index (χ1) is 15.5. The molecule has 0 fully saturated rings. The number of aryl methyl sites for hydroxylation is 1. The van der Waals surface area contributed by atoms with E-state index in [1.54, 1.807) is 13.0 Å². The summed E-state index contributed by atoms with van der Waals surface area (Å²) in [5.74, 6) is -0.515. The van der Waals surface area contributed by atoms with Gasteiger partial charge in [-0.05, 0) is 69.3 Å². The minimum absolute atomic E-state index is 0.0870. The lowest BCUT2D eigenvalue weighted by Gasteiger charge is -2.11. The van der Waals surface area contributed by atoms with Gasteiger partial charge in [-0.3, -0.25) is 4.79 Å². The summed E-state index contributed by atoms with van der Waals surface area (Å²) in [5.41, 5.74) is 2.72. The maximum Gasteiger partial charge on any atom is 0.338 e. The van der Waals surface area contributed by atoms with Gasteiger partial charge in [-0.1, -0.05) is 11.6 Å². The molecule has 2 aromatic carbocycles. The van der Waals surface area contributed by atoms with E-state index >= 15 is 0 Å². The Morgan fingerprint density at radius 3 is 2.33 bits per heavy atom. The molecule has 3 aromatic rings. The first-order valence-corrected chi connectivity index (χ1v) is 11.9. The zero-order valence-electron chi connectivity index (χ0n) is 18.3. The van der Waals surface area contributed by atoms with Crippen LogP contribution in [0.15, 0.2) is 53.4 Å². The molecule has 0 aliphatic carbocycles. The number of esters is 1. The molecule has 0 aliphatic heterocycles. The molecule has 1 aromatic heterocycles. The fourth-order valence-corrected chi connectivity index (χ4v) is 4.51. The molecule has 33 heavy (non-hydrogen) atoms. The summed E-state index contributed by atoms with van der Waals surface area (Å²) < 4.78 is 35.7. The minimum atomic E-state index is -4.12. The highest BCUT2D eigenvalue weighted by Crippen LogP contribution is 2.24. The zero-order valence-corrected chi connectivity index (χ0v) is 19.9. The molecule has 8 nitrogen and oxygen atoms in total. The molecule has 2 N–H and O–H groups in total. The van der Waals surface area contributed by atoms with E-state index in [0.717, 1.165) is 23.2 Å². The van der Waals surface area contributed by atoms with Crippen molar-refractivity contribution in [3.05, 3.63) is 76.1 Å². The number of rotatable bonds is 8. The molecule has 0 aliphatic rings. The van der Waals surface area contributed by atoms with Crippen LogP contribution in [0, 0.1) is 13.8 Å². The highest BCUT2D eigenvalue weighted by Gasteiger charge is 2.20. The van der Waals surface area contributed by atoms with Gasteiger partial charge in [0, 0.05) is 22.6 Å². The third-order valence-electron chi connectivity index (χ3n) is 4.95. The third-order valence-corrected chi connectivity index (χ3v) is 6.34. The van der Waals surface area contributed by atoms with Gasteiger partial charge in [0.05, 0.1) is 17.2 Å². The molecule has 0 amide bonds. The van der Waals surface area contributed by atoms with Crippen LogP contribution >= 0.6 is 11.6 Å². The normalized spacial score (nSPS) is 11.3. The molecule has 10 heteroatoms. The van der Waals surface area contributed by atoms with Crippen LogP contribution in [0.5, 0.6) is 5.75 Å². The smallest absolute Gasteiger partial charge is 0.338 e. The monoisotopic (exact) mass is 490 g/mol. The van der Waals surface area contributed by atoms with E-state index < -0.39 is 33.3 Å². The Balaban J connectivity index is 1.76. The van der Waals surface area contributed by atoms with Gasteiger partial charge >= 0.3 is 5.97 Å². The van der Waals surface area contributed by atoms with Crippen LogP contribution in [0.2, 0.25) is 5.02 Å². The molecular formula is C23H23ClN2O6S. The number of benzene rings is 2. The van der Waals surface area contributed by atoms with Crippen molar-refractivity contribution in [1.82, 2.24) is 4.57 Å². The Morgan fingerprint density at radius 2 is 1.73 bits per heavy atom. The number of carbonyl (C=O) groups excluding carboxylic acids is 2. The SMILES string of the molecule is CCOc1ccc(-n2c(C)cc(C(=O)COC(=O)c3ccc(Cl)c(S(N)(=O)=O)c3)c2C)cc1. The molecule has 0 saturated heterocycles. The van der Waals surface area contributed by atoms with Crippen LogP contribution in [-0.2, 0) is 14.8 Å².